The summed E-state index contributed by atoms with van der Waals surface area (Å²) in [5.41, 5.74) is 5.84. The Kier molecular flexibility index (Phi) is 2.76. The summed E-state index contributed by atoms with van der Waals surface area (Å²) in [5.74, 6) is 5.61. The van der Waals surface area contributed by atoms with E-state index in [1.54, 1.807) is 15.6 Å². The van der Waals surface area contributed by atoms with Crippen LogP contribution in [0.4, 0.5) is 0 Å². The lowest BCUT2D eigenvalue weighted by molar-refractivity contribution is 0.572. The van der Waals surface area contributed by atoms with Crippen molar-refractivity contribution in [2.75, 3.05) is 0 Å². The summed E-state index contributed by atoms with van der Waals surface area (Å²) in [6, 6.07) is 1.86. The molecule has 0 amide bonds. The van der Waals surface area contributed by atoms with Gasteiger partial charge in [-0.15, -0.1) is 0 Å². The van der Waals surface area contributed by atoms with E-state index >= 15 is 0 Å². The van der Waals surface area contributed by atoms with Crippen LogP contribution in [0.15, 0.2) is 18.5 Å². The largest absolute Gasteiger partial charge is 0.275 e. The van der Waals surface area contributed by atoms with Crippen LogP contribution in [0.25, 0.3) is 0 Å². The summed E-state index contributed by atoms with van der Waals surface area (Å²) in [6.45, 7) is 1.97. The van der Waals surface area contributed by atoms with Crippen molar-refractivity contribution in [1.82, 2.24) is 25.0 Å². The number of rotatable bonds is 3. The second-order valence-corrected chi connectivity index (χ2v) is 3.82. The maximum absolute atomic E-state index is 5.61. The van der Waals surface area contributed by atoms with E-state index in [1.807, 2.05) is 33.3 Å². The zero-order chi connectivity index (χ0) is 11.7. The standard InChI is InChI=1S/C10H16N6/c1-7-8(6-15(2)14-7)10(13-11)9-4-5-12-16(9)3/h4-6,10,13H,11H2,1-3H3. The Balaban J connectivity index is 2.44. The average molecular weight is 220 g/mol. The van der Waals surface area contributed by atoms with Crippen LogP contribution in [0.2, 0.25) is 0 Å². The van der Waals surface area contributed by atoms with Crippen LogP contribution in [-0.2, 0) is 14.1 Å². The third-order valence-electron chi connectivity index (χ3n) is 2.68. The van der Waals surface area contributed by atoms with Gasteiger partial charge in [-0.25, -0.2) is 5.43 Å². The van der Waals surface area contributed by atoms with Gasteiger partial charge >= 0.3 is 0 Å². The molecule has 6 heteroatoms. The van der Waals surface area contributed by atoms with Gasteiger partial charge in [0.25, 0.3) is 0 Å². The molecule has 3 N–H and O–H groups in total. The molecule has 0 spiro atoms. The Bertz CT molecular complexity index is 483. The normalized spacial score (nSPS) is 13.0. The fourth-order valence-electron chi connectivity index (χ4n) is 1.90. The van der Waals surface area contributed by atoms with Crippen LogP contribution in [-0.4, -0.2) is 19.6 Å². The Morgan fingerprint density at radius 1 is 1.44 bits per heavy atom. The molecule has 0 aliphatic heterocycles. The summed E-state index contributed by atoms with van der Waals surface area (Å²) < 4.78 is 3.59. The number of nitrogens with two attached hydrogens (primary N) is 1. The second-order valence-electron chi connectivity index (χ2n) is 3.82. The van der Waals surface area contributed by atoms with E-state index in [-0.39, 0.29) is 6.04 Å². The van der Waals surface area contributed by atoms with E-state index < -0.39 is 0 Å². The predicted octanol–water partition coefficient (Wildman–Crippen LogP) is 0.0147. The molecule has 0 aliphatic rings. The maximum Gasteiger partial charge on any atom is 0.0911 e. The first-order chi connectivity index (χ1) is 7.63. The van der Waals surface area contributed by atoms with Crippen LogP contribution in [0.1, 0.15) is 23.0 Å². The first-order valence-corrected chi connectivity index (χ1v) is 5.07. The zero-order valence-electron chi connectivity index (χ0n) is 9.68. The van der Waals surface area contributed by atoms with Gasteiger partial charge in [0, 0.05) is 32.1 Å². The van der Waals surface area contributed by atoms with E-state index in [2.05, 4.69) is 15.6 Å². The number of hydrogen-bond donors (Lipinski definition) is 2. The summed E-state index contributed by atoms with van der Waals surface area (Å²) in [5, 5.41) is 8.45. The van der Waals surface area contributed by atoms with Crippen LogP contribution in [0.3, 0.4) is 0 Å². The number of hydrazine groups is 1. The fraction of sp³-hybridized carbons (Fsp3) is 0.400. The van der Waals surface area contributed by atoms with Crippen molar-refractivity contribution in [3.63, 3.8) is 0 Å². The van der Waals surface area contributed by atoms with Gasteiger partial charge in [0.1, 0.15) is 0 Å². The van der Waals surface area contributed by atoms with Gasteiger partial charge in [0.15, 0.2) is 0 Å². The quantitative estimate of drug-likeness (QED) is 0.564. The van der Waals surface area contributed by atoms with Crippen molar-refractivity contribution in [2.24, 2.45) is 19.9 Å². The maximum atomic E-state index is 5.61. The van der Waals surface area contributed by atoms with Gasteiger partial charge in [-0.2, -0.15) is 10.2 Å². The molecule has 1 unspecified atom stereocenters. The SMILES string of the molecule is Cc1nn(C)cc1C(NN)c1ccnn1C. The molecule has 2 aromatic heterocycles. The smallest absolute Gasteiger partial charge is 0.0911 e. The molecule has 6 nitrogen and oxygen atoms in total. The molecule has 0 fully saturated rings. The molecule has 0 saturated heterocycles. The Labute approximate surface area is 94.0 Å². The molecule has 0 aliphatic carbocycles. The molecule has 16 heavy (non-hydrogen) atoms. The number of aromatic nitrogens is 4. The first kappa shape index (κ1) is 10.8. The lowest BCUT2D eigenvalue weighted by atomic mass is 10.1. The molecule has 2 aromatic rings. The average Bonchev–Trinajstić information content (AvgIpc) is 2.77. The van der Waals surface area contributed by atoms with Gasteiger partial charge in [0.2, 0.25) is 0 Å². The lowest BCUT2D eigenvalue weighted by Crippen LogP contribution is -2.30. The summed E-state index contributed by atoms with van der Waals surface area (Å²) in [6.07, 6.45) is 3.72. The van der Waals surface area contributed by atoms with Gasteiger partial charge in [-0.3, -0.25) is 15.2 Å². The third-order valence-corrected chi connectivity index (χ3v) is 2.68. The molecule has 86 valence electrons. The number of hydrogen-bond acceptors (Lipinski definition) is 4. The van der Waals surface area contributed by atoms with E-state index in [0.717, 1.165) is 17.0 Å². The van der Waals surface area contributed by atoms with Gasteiger partial charge < -0.3 is 0 Å². The molecule has 0 bridgehead atoms. The fourth-order valence-corrected chi connectivity index (χ4v) is 1.90. The molecular formula is C10H16N6. The van der Waals surface area contributed by atoms with Crippen LogP contribution in [0, 0.1) is 6.92 Å². The first-order valence-electron chi connectivity index (χ1n) is 5.07. The Morgan fingerprint density at radius 2 is 2.19 bits per heavy atom. The van der Waals surface area contributed by atoms with E-state index in [1.165, 1.54) is 0 Å². The topological polar surface area (TPSA) is 73.7 Å². The highest BCUT2D eigenvalue weighted by Gasteiger charge is 2.19. The van der Waals surface area contributed by atoms with Crippen LogP contribution >= 0.6 is 0 Å². The highest BCUT2D eigenvalue weighted by molar-refractivity contribution is 5.28. The van der Waals surface area contributed by atoms with Crippen molar-refractivity contribution >= 4 is 0 Å². The van der Waals surface area contributed by atoms with Gasteiger partial charge in [0.05, 0.1) is 17.4 Å². The minimum atomic E-state index is -0.0822. The van der Waals surface area contributed by atoms with Gasteiger partial charge in [-0.1, -0.05) is 0 Å². The second kappa shape index (κ2) is 4.07. The molecule has 1 atom stereocenters. The van der Waals surface area contributed by atoms with Crippen molar-refractivity contribution in [3.8, 4) is 0 Å². The molecular weight excluding hydrogens is 204 g/mol. The summed E-state index contributed by atoms with van der Waals surface area (Å²) in [4.78, 5) is 0. The summed E-state index contributed by atoms with van der Waals surface area (Å²) >= 11 is 0. The Morgan fingerprint density at radius 3 is 2.62 bits per heavy atom. The van der Waals surface area contributed by atoms with Crippen LogP contribution in [0.5, 0.6) is 0 Å². The minimum Gasteiger partial charge on any atom is -0.275 e. The highest BCUT2D eigenvalue weighted by atomic mass is 15.3. The zero-order valence-corrected chi connectivity index (χ0v) is 9.68. The van der Waals surface area contributed by atoms with Crippen LogP contribution < -0.4 is 11.3 Å². The molecule has 2 rings (SSSR count). The van der Waals surface area contributed by atoms with E-state index in [9.17, 15) is 0 Å². The van der Waals surface area contributed by atoms with Crippen molar-refractivity contribution in [1.29, 1.82) is 0 Å². The number of aryl methyl sites for hydroxylation is 3. The molecule has 2 heterocycles. The summed E-state index contributed by atoms with van der Waals surface area (Å²) in [7, 11) is 3.79. The van der Waals surface area contributed by atoms with Gasteiger partial charge in [-0.05, 0) is 13.0 Å². The van der Waals surface area contributed by atoms with E-state index in [4.69, 9.17) is 5.84 Å². The lowest BCUT2D eigenvalue weighted by Gasteiger charge is -2.15. The van der Waals surface area contributed by atoms with Crippen molar-refractivity contribution in [2.45, 2.75) is 13.0 Å². The number of nitrogens with zero attached hydrogens (tertiary/aromatic N) is 4. The van der Waals surface area contributed by atoms with Crippen molar-refractivity contribution < 1.29 is 0 Å². The van der Waals surface area contributed by atoms with E-state index in [0.29, 0.717) is 0 Å². The predicted molar refractivity (Wildman–Crippen MR) is 60.3 cm³/mol. The number of nitrogens with one attached hydrogen (secondary N) is 1. The third kappa shape index (κ3) is 1.72. The minimum absolute atomic E-state index is 0.0822. The highest BCUT2D eigenvalue weighted by Crippen LogP contribution is 2.22. The molecule has 0 aromatic carbocycles. The van der Waals surface area contributed by atoms with Crippen molar-refractivity contribution in [3.05, 3.63) is 35.4 Å². The Hall–Kier alpha value is -1.66. The molecule has 0 saturated carbocycles. The molecule has 0 radical (unpaired) electrons. The monoisotopic (exact) mass is 220 g/mol.